The minimum absolute atomic E-state index is 0.286. The van der Waals surface area contributed by atoms with Gasteiger partial charge in [0.25, 0.3) is 0 Å². The molecule has 0 amide bonds. The van der Waals surface area contributed by atoms with E-state index in [1.807, 2.05) is 10.6 Å². The molecule has 0 atom stereocenters. The molecule has 3 aromatic rings. The summed E-state index contributed by atoms with van der Waals surface area (Å²) in [6.45, 7) is 3.75. The normalized spacial score (nSPS) is 13.3. The van der Waals surface area contributed by atoms with Crippen molar-refractivity contribution in [2.45, 2.75) is 38.5 Å². The van der Waals surface area contributed by atoms with Crippen molar-refractivity contribution in [3.63, 3.8) is 0 Å². The Balaban J connectivity index is 2.01. The standard InChI is InChI=1S/C21H17ClF7N3/c1-12-7-8-18-15(9-12)16(10-30-31-21(28,29)19(23,24)20(25,26)27)13(2)32(18)11-14-5-3-4-6-17(14)22/h3-10,31H,11H2,1-2H3/b30-10+. The van der Waals surface area contributed by atoms with E-state index >= 15 is 0 Å². The van der Waals surface area contributed by atoms with Gasteiger partial charge in [0, 0.05) is 33.7 Å². The molecule has 11 heteroatoms. The summed E-state index contributed by atoms with van der Waals surface area (Å²) in [5, 5.41) is 4.09. The van der Waals surface area contributed by atoms with Gasteiger partial charge in [-0.05, 0) is 37.6 Å². The van der Waals surface area contributed by atoms with E-state index in [0.717, 1.165) is 17.3 Å². The van der Waals surface area contributed by atoms with Crippen LogP contribution in [0.2, 0.25) is 5.02 Å². The molecule has 3 nitrogen and oxygen atoms in total. The Morgan fingerprint density at radius 1 is 1.00 bits per heavy atom. The van der Waals surface area contributed by atoms with Crippen LogP contribution in [0, 0.1) is 13.8 Å². The van der Waals surface area contributed by atoms with Gasteiger partial charge in [-0.1, -0.05) is 41.4 Å². The Labute approximate surface area is 183 Å². The van der Waals surface area contributed by atoms with Gasteiger partial charge < -0.3 is 4.57 Å². The first-order valence-electron chi connectivity index (χ1n) is 9.21. The summed E-state index contributed by atoms with van der Waals surface area (Å²) < 4.78 is 91.9. The first kappa shape index (κ1) is 23.9. The van der Waals surface area contributed by atoms with Crippen LogP contribution in [0.4, 0.5) is 30.7 Å². The van der Waals surface area contributed by atoms with E-state index < -0.39 is 18.1 Å². The van der Waals surface area contributed by atoms with Gasteiger partial charge >= 0.3 is 18.1 Å². The minimum atomic E-state index is -6.45. The van der Waals surface area contributed by atoms with E-state index in [0.29, 0.717) is 33.6 Å². The average molecular weight is 480 g/mol. The van der Waals surface area contributed by atoms with E-state index in [4.69, 9.17) is 11.6 Å². The molecule has 0 aliphatic carbocycles. The van der Waals surface area contributed by atoms with E-state index in [-0.39, 0.29) is 5.56 Å². The zero-order valence-corrected chi connectivity index (χ0v) is 17.5. The molecule has 32 heavy (non-hydrogen) atoms. The molecular weight excluding hydrogens is 463 g/mol. The van der Waals surface area contributed by atoms with Crippen molar-refractivity contribution in [3.8, 4) is 0 Å². The monoisotopic (exact) mass is 479 g/mol. The summed E-state index contributed by atoms with van der Waals surface area (Å²) in [4.78, 5) is 0. The molecule has 0 aliphatic rings. The predicted octanol–water partition coefficient (Wildman–Crippen LogP) is 6.67. The lowest BCUT2D eigenvalue weighted by molar-refractivity contribution is -0.361. The summed E-state index contributed by atoms with van der Waals surface area (Å²) >= 11 is 6.23. The molecule has 0 unspecified atom stereocenters. The highest BCUT2D eigenvalue weighted by atomic mass is 35.5. The van der Waals surface area contributed by atoms with Crippen molar-refractivity contribution in [2.24, 2.45) is 5.10 Å². The molecule has 0 saturated heterocycles. The van der Waals surface area contributed by atoms with Gasteiger partial charge in [0.15, 0.2) is 0 Å². The van der Waals surface area contributed by atoms with Crippen LogP contribution in [0.1, 0.15) is 22.4 Å². The van der Waals surface area contributed by atoms with Crippen molar-refractivity contribution < 1.29 is 30.7 Å². The third kappa shape index (κ3) is 4.28. The van der Waals surface area contributed by atoms with Crippen LogP contribution >= 0.6 is 11.6 Å². The lowest BCUT2D eigenvalue weighted by atomic mass is 10.1. The Bertz CT molecular complexity index is 1170. The molecule has 0 radical (unpaired) electrons. The molecule has 0 spiro atoms. The van der Waals surface area contributed by atoms with Crippen molar-refractivity contribution in [1.82, 2.24) is 9.99 Å². The Hall–Kier alpha value is -2.75. The van der Waals surface area contributed by atoms with Crippen molar-refractivity contribution in [2.75, 3.05) is 0 Å². The van der Waals surface area contributed by atoms with Crippen LogP contribution in [0.25, 0.3) is 10.9 Å². The lowest BCUT2D eigenvalue weighted by Crippen LogP contribution is -2.58. The molecule has 0 bridgehead atoms. The van der Waals surface area contributed by atoms with E-state index in [2.05, 4.69) is 5.10 Å². The van der Waals surface area contributed by atoms with Gasteiger partial charge in [0.05, 0.1) is 6.21 Å². The van der Waals surface area contributed by atoms with Crippen molar-refractivity contribution in [1.29, 1.82) is 0 Å². The van der Waals surface area contributed by atoms with E-state index in [1.165, 1.54) is 0 Å². The first-order chi connectivity index (χ1) is 14.8. The van der Waals surface area contributed by atoms with Gasteiger partial charge in [-0.25, -0.2) is 5.43 Å². The third-order valence-corrected chi connectivity index (χ3v) is 5.33. The summed E-state index contributed by atoms with van der Waals surface area (Å²) in [5.74, 6) is -6.30. The molecule has 1 heterocycles. The summed E-state index contributed by atoms with van der Waals surface area (Å²) in [5.41, 5.74) is 3.76. The zero-order valence-electron chi connectivity index (χ0n) is 16.7. The van der Waals surface area contributed by atoms with Gasteiger partial charge in [-0.2, -0.15) is 35.8 Å². The maximum Gasteiger partial charge on any atom is 0.462 e. The van der Waals surface area contributed by atoms with Crippen LogP contribution in [0.15, 0.2) is 47.6 Å². The van der Waals surface area contributed by atoms with Gasteiger partial charge in [0.2, 0.25) is 0 Å². The summed E-state index contributed by atoms with van der Waals surface area (Å²) in [6, 6.07) is 6.76. The molecule has 1 aromatic heterocycles. The second-order valence-corrected chi connectivity index (χ2v) is 7.62. The quantitative estimate of drug-likeness (QED) is 0.182. The number of hydrazone groups is 1. The number of nitrogens with zero attached hydrogens (tertiary/aromatic N) is 2. The fourth-order valence-electron chi connectivity index (χ4n) is 3.21. The molecule has 2 aromatic carbocycles. The number of alkyl halides is 7. The van der Waals surface area contributed by atoms with E-state index in [1.54, 1.807) is 50.2 Å². The average Bonchev–Trinajstić information content (AvgIpc) is 2.93. The number of aromatic nitrogens is 1. The van der Waals surface area contributed by atoms with Crippen molar-refractivity contribution in [3.05, 3.63) is 69.9 Å². The Morgan fingerprint density at radius 2 is 1.66 bits per heavy atom. The maximum absolute atomic E-state index is 13.5. The van der Waals surface area contributed by atoms with Crippen molar-refractivity contribution >= 4 is 28.7 Å². The molecule has 0 aliphatic heterocycles. The zero-order chi connectivity index (χ0) is 23.9. The third-order valence-electron chi connectivity index (χ3n) is 4.96. The number of benzene rings is 2. The lowest BCUT2D eigenvalue weighted by Gasteiger charge is -2.27. The summed E-state index contributed by atoms with van der Waals surface area (Å²) in [6.07, 6.45) is -5.64. The molecular formula is C21H17ClF7N3. The minimum Gasteiger partial charge on any atom is -0.340 e. The smallest absolute Gasteiger partial charge is 0.340 e. The maximum atomic E-state index is 13.5. The van der Waals surface area contributed by atoms with Gasteiger partial charge in [0.1, 0.15) is 0 Å². The molecule has 3 rings (SSSR count). The number of fused-ring (bicyclic) bond motifs is 1. The highest BCUT2D eigenvalue weighted by Gasteiger charge is 2.73. The second kappa shape index (κ2) is 8.31. The van der Waals surface area contributed by atoms with Crippen LogP contribution in [0.3, 0.4) is 0 Å². The van der Waals surface area contributed by atoms with E-state index in [9.17, 15) is 30.7 Å². The van der Waals surface area contributed by atoms with Crippen LogP contribution in [-0.4, -0.2) is 28.9 Å². The predicted molar refractivity (Wildman–Crippen MR) is 109 cm³/mol. The fourth-order valence-corrected chi connectivity index (χ4v) is 3.41. The number of hydrogen-bond donors (Lipinski definition) is 1. The number of halogens is 8. The van der Waals surface area contributed by atoms with Crippen LogP contribution in [-0.2, 0) is 6.54 Å². The van der Waals surface area contributed by atoms with Crippen LogP contribution < -0.4 is 5.43 Å². The molecule has 1 N–H and O–H groups in total. The van der Waals surface area contributed by atoms with Crippen LogP contribution in [0.5, 0.6) is 0 Å². The Kier molecular flexibility index (Phi) is 6.21. The summed E-state index contributed by atoms with van der Waals surface area (Å²) in [7, 11) is 0. The topological polar surface area (TPSA) is 29.3 Å². The highest BCUT2D eigenvalue weighted by molar-refractivity contribution is 6.31. The number of rotatable bonds is 6. The molecule has 0 saturated carbocycles. The molecule has 0 fully saturated rings. The second-order valence-electron chi connectivity index (χ2n) is 7.21. The number of nitrogens with one attached hydrogen (secondary N) is 1. The van der Waals surface area contributed by atoms with Gasteiger partial charge in [-0.15, -0.1) is 0 Å². The number of aryl methyl sites for hydroxylation is 1. The first-order valence-corrected chi connectivity index (χ1v) is 9.59. The SMILES string of the molecule is Cc1ccc2c(c1)c(/C=N/NC(F)(F)C(F)(F)C(F)(F)F)c(C)n2Cc1ccccc1Cl. The fraction of sp³-hybridized carbons (Fsp3) is 0.286. The molecule has 172 valence electrons. The Morgan fingerprint density at radius 3 is 2.28 bits per heavy atom. The number of hydrogen-bond acceptors (Lipinski definition) is 2. The largest absolute Gasteiger partial charge is 0.462 e. The highest BCUT2D eigenvalue weighted by Crippen LogP contribution is 2.45. The van der Waals surface area contributed by atoms with Gasteiger partial charge in [-0.3, -0.25) is 0 Å².